The second-order valence-corrected chi connectivity index (χ2v) is 10.2. The average molecular weight is 487 g/mol. The molecule has 2 rings (SSSR count). The third kappa shape index (κ3) is 12.2. The van der Waals surface area contributed by atoms with Crippen LogP contribution in [0, 0.1) is 0 Å². The van der Waals surface area contributed by atoms with Crippen molar-refractivity contribution in [3.8, 4) is 0 Å². The molecule has 0 aliphatic carbocycles. The number of aliphatic hydroxyl groups excluding tert-OH is 2. The van der Waals surface area contributed by atoms with Crippen LogP contribution in [0.15, 0.2) is 60.7 Å². The van der Waals surface area contributed by atoms with Crippen molar-refractivity contribution in [3.05, 3.63) is 71.8 Å². The predicted octanol–water partition coefficient (Wildman–Crippen LogP) is 6.02. The maximum atomic E-state index is 9.61. The zero-order chi connectivity index (χ0) is 26.0. The van der Waals surface area contributed by atoms with Gasteiger partial charge in [0.25, 0.3) is 0 Å². The molecule has 35 heavy (non-hydrogen) atoms. The van der Waals surface area contributed by atoms with Gasteiger partial charge in [0.05, 0.1) is 32.8 Å². The molecule has 1 atom stereocenters. The monoisotopic (exact) mass is 486 g/mol. The van der Waals surface area contributed by atoms with E-state index in [9.17, 15) is 10.2 Å². The molecule has 0 fully saturated rings. The maximum absolute atomic E-state index is 9.61. The zero-order valence-electron chi connectivity index (χ0n) is 23.3. The Morgan fingerprint density at radius 2 is 1.09 bits per heavy atom. The van der Waals surface area contributed by atoms with Gasteiger partial charge in [-0.1, -0.05) is 87.4 Å². The number of hydrogen-bond acceptors (Lipinski definition) is 2. The van der Waals surface area contributed by atoms with Gasteiger partial charge in [-0.25, -0.2) is 0 Å². The van der Waals surface area contributed by atoms with Crippen molar-refractivity contribution in [2.75, 3.05) is 45.9 Å². The lowest BCUT2D eigenvalue weighted by Crippen LogP contribution is -2.50. The highest BCUT2D eigenvalue weighted by molar-refractivity contribution is 5.14. The summed E-state index contributed by atoms with van der Waals surface area (Å²) < 4.78 is 2.00. The van der Waals surface area contributed by atoms with Crippen LogP contribution >= 0.6 is 0 Å². The Labute approximate surface area is 216 Å². The van der Waals surface area contributed by atoms with E-state index in [0.29, 0.717) is 6.61 Å². The van der Waals surface area contributed by atoms with Crippen molar-refractivity contribution < 1.29 is 19.2 Å². The van der Waals surface area contributed by atoms with Crippen molar-refractivity contribution in [2.24, 2.45) is 0 Å². The summed E-state index contributed by atoms with van der Waals surface area (Å²) in [6.45, 7) is 19.4. The smallest absolute Gasteiger partial charge is 0.105 e. The van der Waals surface area contributed by atoms with E-state index in [1.165, 1.54) is 49.9 Å². The standard InChI is InChI=1S/C17H30NO.C14H24NO/c1-3-5-12-18(14-15-19,13-6-4-2)16-17-10-8-7-9-11-17;1-4-15(5-2,11-13(3)16)12-14-9-7-6-8-10-14/h7-11,19H,3-6,12-16H2,1-2H3;6-10,13,16H,4-5,11-12H2,1-3H3/q2*+1. The van der Waals surface area contributed by atoms with Crippen molar-refractivity contribution in [1.29, 1.82) is 0 Å². The molecule has 2 aromatic rings. The quantitative estimate of drug-likeness (QED) is 0.285. The molecule has 2 aromatic carbocycles. The molecule has 0 aliphatic heterocycles. The molecular weight excluding hydrogens is 432 g/mol. The minimum absolute atomic E-state index is 0.233. The first-order valence-corrected chi connectivity index (χ1v) is 13.9. The molecule has 198 valence electrons. The van der Waals surface area contributed by atoms with Gasteiger partial charge in [-0.2, -0.15) is 0 Å². The fourth-order valence-corrected chi connectivity index (χ4v) is 5.04. The number of nitrogens with zero attached hydrogens (tertiary/aromatic N) is 2. The highest BCUT2D eigenvalue weighted by Crippen LogP contribution is 2.18. The average Bonchev–Trinajstić information content (AvgIpc) is 2.87. The Morgan fingerprint density at radius 3 is 1.43 bits per heavy atom. The summed E-state index contributed by atoms with van der Waals surface area (Å²) in [6, 6.07) is 21.3. The fourth-order valence-electron chi connectivity index (χ4n) is 5.04. The molecule has 0 aliphatic rings. The molecule has 0 saturated carbocycles. The minimum Gasteiger partial charge on any atom is -0.391 e. The van der Waals surface area contributed by atoms with Gasteiger partial charge in [0.15, 0.2) is 0 Å². The van der Waals surface area contributed by atoms with E-state index in [4.69, 9.17) is 0 Å². The lowest BCUT2D eigenvalue weighted by molar-refractivity contribution is -0.941. The summed E-state index contributed by atoms with van der Waals surface area (Å²) >= 11 is 0. The fraction of sp³-hybridized carbons (Fsp3) is 0.613. The second kappa shape index (κ2) is 17.7. The molecule has 0 heterocycles. The summed E-state index contributed by atoms with van der Waals surface area (Å²) in [5.41, 5.74) is 2.75. The number of hydrogen-bond donors (Lipinski definition) is 2. The summed E-state index contributed by atoms with van der Waals surface area (Å²) in [7, 11) is 0. The van der Waals surface area contributed by atoms with Crippen LogP contribution in [0.2, 0.25) is 0 Å². The van der Waals surface area contributed by atoms with E-state index < -0.39 is 0 Å². The predicted molar refractivity (Wildman–Crippen MR) is 150 cm³/mol. The van der Waals surface area contributed by atoms with Gasteiger partial charge in [-0.05, 0) is 33.6 Å². The summed E-state index contributed by atoms with van der Waals surface area (Å²) in [6.07, 6.45) is 4.72. The summed E-state index contributed by atoms with van der Waals surface area (Å²) in [5.74, 6) is 0. The number of benzene rings is 2. The first-order valence-electron chi connectivity index (χ1n) is 13.9. The van der Waals surface area contributed by atoms with Gasteiger partial charge < -0.3 is 19.2 Å². The van der Waals surface area contributed by atoms with Crippen LogP contribution in [0.1, 0.15) is 71.4 Å². The molecule has 0 amide bonds. The van der Waals surface area contributed by atoms with E-state index in [0.717, 1.165) is 48.2 Å². The van der Waals surface area contributed by atoms with E-state index >= 15 is 0 Å². The summed E-state index contributed by atoms with van der Waals surface area (Å²) in [4.78, 5) is 0. The Bertz CT molecular complexity index is 737. The highest BCUT2D eigenvalue weighted by atomic mass is 16.3. The Hall–Kier alpha value is -1.72. The molecule has 4 nitrogen and oxygen atoms in total. The molecule has 0 saturated heterocycles. The normalized spacial score (nSPS) is 12.7. The number of unbranched alkanes of at least 4 members (excludes halogenated alkanes) is 2. The third-order valence-corrected chi connectivity index (χ3v) is 7.26. The minimum atomic E-state index is -0.233. The number of rotatable bonds is 16. The molecular formula is C31H54N2O2+2. The second-order valence-electron chi connectivity index (χ2n) is 10.2. The topological polar surface area (TPSA) is 40.5 Å². The van der Waals surface area contributed by atoms with Gasteiger partial charge in [-0.15, -0.1) is 0 Å². The van der Waals surface area contributed by atoms with Crippen LogP contribution < -0.4 is 0 Å². The SMILES string of the molecule is CCCC[N+](CCO)(CCCC)Cc1ccccc1.CC[N+](CC)(Cc1ccccc1)CC(C)O. The highest BCUT2D eigenvalue weighted by Gasteiger charge is 2.26. The van der Waals surface area contributed by atoms with Crippen LogP contribution in [0.3, 0.4) is 0 Å². The zero-order valence-corrected chi connectivity index (χ0v) is 23.3. The van der Waals surface area contributed by atoms with Gasteiger partial charge >= 0.3 is 0 Å². The number of likely N-dealkylation sites (N-methyl/N-ethyl adjacent to an activating group) is 1. The first-order chi connectivity index (χ1) is 16.9. The van der Waals surface area contributed by atoms with Gasteiger partial charge in [-0.3, -0.25) is 0 Å². The van der Waals surface area contributed by atoms with Crippen LogP contribution in [0.4, 0.5) is 0 Å². The number of quaternary nitrogens is 2. The van der Waals surface area contributed by atoms with Gasteiger partial charge in [0.1, 0.15) is 32.3 Å². The van der Waals surface area contributed by atoms with Crippen molar-refractivity contribution >= 4 is 0 Å². The van der Waals surface area contributed by atoms with Crippen molar-refractivity contribution in [2.45, 2.75) is 79.5 Å². The van der Waals surface area contributed by atoms with Gasteiger partial charge in [0.2, 0.25) is 0 Å². The largest absolute Gasteiger partial charge is 0.391 e. The molecule has 2 N–H and O–H groups in total. The van der Waals surface area contributed by atoms with Crippen molar-refractivity contribution in [1.82, 2.24) is 0 Å². The van der Waals surface area contributed by atoms with E-state index in [1.807, 2.05) is 13.0 Å². The molecule has 0 aromatic heterocycles. The van der Waals surface area contributed by atoms with Crippen LogP contribution in [-0.2, 0) is 13.1 Å². The summed E-state index contributed by atoms with van der Waals surface area (Å²) in [5, 5.41) is 19.1. The first kappa shape index (κ1) is 31.3. The lowest BCUT2D eigenvalue weighted by Gasteiger charge is -2.38. The van der Waals surface area contributed by atoms with Crippen molar-refractivity contribution in [3.63, 3.8) is 0 Å². The molecule has 0 spiro atoms. The maximum Gasteiger partial charge on any atom is 0.105 e. The number of aliphatic hydroxyl groups is 2. The van der Waals surface area contributed by atoms with E-state index in [-0.39, 0.29) is 6.10 Å². The molecule has 4 heteroatoms. The Kier molecular flexibility index (Phi) is 15.8. The molecule has 1 unspecified atom stereocenters. The van der Waals surface area contributed by atoms with Gasteiger partial charge in [0, 0.05) is 11.1 Å². The van der Waals surface area contributed by atoms with Crippen LogP contribution in [0.25, 0.3) is 0 Å². The van der Waals surface area contributed by atoms with Crippen LogP contribution in [0.5, 0.6) is 0 Å². The Morgan fingerprint density at radius 1 is 0.657 bits per heavy atom. The Balaban J connectivity index is 0.000000355. The lowest BCUT2D eigenvalue weighted by atomic mass is 10.1. The molecule has 0 radical (unpaired) electrons. The molecule has 0 bridgehead atoms. The van der Waals surface area contributed by atoms with Crippen LogP contribution in [-0.4, -0.2) is 71.2 Å². The van der Waals surface area contributed by atoms with E-state index in [2.05, 4.69) is 82.3 Å². The third-order valence-electron chi connectivity index (χ3n) is 7.26. The van der Waals surface area contributed by atoms with E-state index in [1.54, 1.807) is 0 Å².